The fourth-order valence-corrected chi connectivity index (χ4v) is 2.98. The van der Waals surface area contributed by atoms with Crippen molar-refractivity contribution >= 4 is 5.97 Å². The number of fused-ring (bicyclic) bond motifs is 1. The summed E-state index contributed by atoms with van der Waals surface area (Å²) in [7, 11) is 0. The second-order valence-electron chi connectivity index (χ2n) is 5.82. The molecule has 1 aliphatic rings. The number of rotatable bonds is 4. The summed E-state index contributed by atoms with van der Waals surface area (Å²) in [6.07, 6.45) is 2.14. The Morgan fingerprint density at radius 2 is 1.96 bits per heavy atom. The lowest BCUT2D eigenvalue weighted by atomic mass is 9.92. The van der Waals surface area contributed by atoms with E-state index in [1.165, 1.54) is 11.6 Å². The van der Waals surface area contributed by atoms with E-state index >= 15 is 0 Å². The van der Waals surface area contributed by atoms with Gasteiger partial charge in [0, 0.05) is 12.0 Å². The highest BCUT2D eigenvalue weighted by Crippen LogP contribution is 2.33. The second kappa shape index (κ2) is 6.50. The van der Waals surface area contributed by atoms with Gasteiger partial charge in [-0.3, -0.25) is 0 Å². The molecule has 0 saturated carbocycles. The first kappa shape index (κ1) is 15.7. The summed E-state index contributed by atoms with van der Waals surface area (Å²) in [5.41, 5.74) is 2.85. The van der Waals surface area contributed by atoms with E-state index in [-0.39, 0.29) is 11.1 Å². The molecule has 0 radical (unpaired) electrons. The summed E-state index contributed by atoms with van der Waals surface area (Å²) in [6, 6.07) is 11.2. The van der Waals surface area contributed by atoms with Gasteiger partial charge in [0.1, 0.15) is 11.9 Å². The van der Waals surface area contributed by atoms with Crippen LogP contribution in [0.25, 0.3) is 0 Å². The zero-order valence-electron chi connectivity index (χ0n) is 13.0. The van der Waals surface area contributed by atoms with Gasteiger partial charge in [-0.25, -0.2) is 9.18 Å². The van der Waals surface area contributed by atoms with Gasteiger partial charge in [0.25, 0.3) is 0 Å². The highest BCUT2D eigenvalue weighted by molar-refractivity contribution is 5.93. The normalized spacial score (nSPS) is 16.8. The van der Waals surface area contributed by atoms with Crippen LogP contribution >= 0.6 is 0 Å². The van der Waals surface area contributed by atoms with E-state index in [1.807, 2.05) is 24.3 Å². The second-order valence-corrected chi connectivity index (χ2v) is 5.82. The number of hydrogen-bond donors (Lipinski definition) is 1. The Morgan fingerprint density at radius 1 is 1.22 bits per heavy atom. The van der Waals surface area contributed by atoms with Crippen LogP contribution in [0.2, 0.25) is 0 Å². The van der Waals surface area contributed by atoms with Crippen molar-refractivity contribution in [3.05, 3.63) is 70.0 Å². The molecular weight excluding hydrogens is 295 g/mol. The molecule has 120 valence electrons. The maximum Gasteiger partial charge on any atom is 0.342 e. The molecule has 23 heavy (non-hydrogen) atoms. The summed E-state index contributed by atoms with van der Waals surface area (Å²) in [6.45, 7) is 1.69. The Balaban J connectivity index is 1.89. The summed E-state index contributed by atoms with van der Waals surface area (Å²) >= 11 is 0. The van der Waals surface area contributed by atoms with E-state index in [0.29, 0.717) is 12.0 Å². The molecule has 0 bridgehead atoms. The third-order valence-electron chi connectivity index (χ3n) is 4.23. The fraction of sp³-hybridized carbons (Fsp3) is 0.316. The average Bonchev–Trinajstić information content (AvgIpc) is 2.56. The fourth-order valence-electron chi connectivity index (χ4n) is 2.98. The van der Waals surface area contributed by atoms with Gasteiger partial charge < -0.3 is 9.84 Å². The van der Waals surface area contributed by atoms with E-state index in [2.05, 4.69) is 6.92 Å². The van der Waals surface area contributed by atoms with Crippen molar-refractivity contribution in [2.75, 3.05) is 0 Å². The number of carbonyl (C=O) groups excluding carboxylic acids is 1. The Bertz CT molecular complexity index is 722. The molecule has 3 rings (SSSR count). The standard InChI is InChI=1S/C19H19FO3/c1-2-3-12-4-6-13(7-5-12)16-10-14-8-9-15(11-21)18(20)17(14)19(22)23-16/h4-9,16,21H,2-3,10-11H2,1H3. The number of aryl methyl sites for hydroxylation is 1. The molecule has 0 spiro atoms. The Morgan fingerprint density at radius 3 is 2.61 bits per heavy atom. The third-order valence-corrected chi connectivity index (χ3v) is 4.23. The van der Waals surface area contributed by atoms with Crippen LogP contribution in [-0.2, 0) is 24.2 Å². The minimum Gasteiger partial charge on any atom is -0.453 e. The molecule has 1 atom stereocenters. The van der Waals surface area contributed by atoms with Crippen LogP contribution in [0.3, 0.4) is 0 Å². The van der Waals surface area contributed by atoms with Crippen molar-refractivity contribution in [3.63, 3.8) is 0 Å². The molecule has 4 heteroatoms. The lowest BCUT2D eigenvalue weighted by Crippen LogP contribution is -2.23. The van der Waals surface area contributed by atoms with Crippen molar-refractivity contribution in [2.24, 2.45) is 0 Å². The van der Waals surface area contributed by atoms with Crippen molar-refractivity contribution in [3.8, 4) is 0 Å². The molecule has 1 N–H and O–H groups in total. The van der Waals surface area contributed by atoms with Crippen molar-refractivity contribution in [1.29, 1.82) is 0 Å². The molecule has 2 aromatic rings. The van der Waals surface area contributed by atoms with Gasteiger partial charge in [-0.05, 0) is 23.1 Å². The molecule has 0 fully saturated rings. The van der Waals surface area contributed by atoms with E-state index in [4.69, 9.17) is 9.84 Å². The molecular formula is C19H19FO3. The molecule has 0 saturated heterocycles. The lowest BCUT2D eigenvalue weighted by Gasteiger charge is -2.26. The van der Waals surface area contributed by atoms with Crippen molar-refractivity contribution in [1.82, 2.24) is 0 Å². The largest absolute Gasteiger partial charge is 0.453 e. The van der Waals surface area contributed by atoms with Gasteiger partial charge >= 0.3 is 5.97 Å². The molecule has 0 aliphatic carbocycles. The number of benzene rings is 2. The van der Waals surface area contributed by atoms with Gasteiger partial charge in [0.2, 0.25) is 0 Å². The van der Waals surface area contributed by atoms with Gasteiger partial charge in [-0.1, -0.05) is 49.7 Å². The van der Waals surface area contributed by atoms with Crippen LogP contribution < -0.4 is 0 Å². The van der Waals surface area contributed by atoms with Gasteiger partial charge in [0.15, 0.2) is 0 Å². The maximum absolute atomic E-state index is 14.2. The van der Waals surface area contributed by atoms with Crippen molar-refractivity contribution < 1.29 is 19.0 Å². The zero-order chi connectivity index (χ0) is 16.4. The zero-order valence-corrected chi connectivity index (χ0v) is 13.0. The number of aliphatic hydroxyl groups is 1. The number of cyclic esters (lactones) is 1. The Labute approximate surface area is 134 Å². The Kier molecular flexibility index (Phi) is 4.44. The quantitative estimate of drug-likeness (QED) is 0.875. The summed E-state index contributed by atoms with van der Waals surface area (Å²) < 4.78 is 19.6. The van der Waals surface area contributed by atoms with Crippen LogP contribution in [-0.4, -0.2) is 11.1 Å². The molecule has 3 nitrogen and oxygen atoms in total. The summed E-state index contributed by atoms with van der Waals surface area (Å²) in [5, 5.41) is 9.11. The first-order valence-electron chi connectivity index (χ1n) is 7.85. The molecule has 0 aromatic heterocycles. The number of esters is 1. The van der Waals surface area contributed by atoms with Crippen molar-refractivity contribution in [2.45, 2.75) is 38.9 Å². The van der Waals surface area contributed by atoms with Crippen LogP contribution in [0.1, 0.15) is 52.1 Å². The van der Waals surface area contributed by atoms with E-state index < -0.39 is 24.5 Å². The smallest absolute Gasteiger partial charge is 0.342 e. The molecule has 1 unspecified atom stereocenters. The number of halogens is 1. The van der Waals surface area contributed by atoms with Gasteiger partial charge in [0.05, 0.1) is 12.2 Å². The highest BCUT2D eigenvalue weighted by atomic mass is 19.1. The SMILES string of the molecule is CCCc1ccc(C2Cc3ccc(CO)c(F)c3C(=O)O2)cc1. The van der Waals surface area contributed by atoms with Gasteiger partial charge in [-0.2, -0.15) is 0 Å². The van der Waals surface area contributed by atoms with E-state index in [9.17, 15) is 9.18 Å². The minimum atomic E-state index is -0.674. The van der Waals surface area contributed by atoms with Crippen LogP contribution in [0.5, 0.6) is 0 Å². The molecule has 0 amide bonds. The van der Waals surface area contributed by atoms with Crippen LogP contribution in [0, 0.1) is 5.82 Å². The predicted octanol–water partition coefficient (Wildman–Crippen LogP) is 3.72. The van der Waals surface area contributed by atoms with Crippen LogP contribution in [0.15, 0.2) is 36.4 Å². The van der Waals surface area contributed by atoms with E-state index in [0.717, 1.165) is 18.4 Å². The topological polar surface area (TPSA) is 46.5 Å². The summed E-state index contributed by atoms with van der Waals surface area (Å²) in [5.74, 6) is -1.34. The first-order chi connectivity index (χ1) is 11.1. The number of aliphatic hydroxyl groups excluding tert-OH is 1. The van der Waals surface area contributed by atoms with Gasteiger partial charge in [-0.15, -0.1) is 0 Å². The van der Waals surface area contributed by atoms with Crippen LogP contribution in [0.4, 0.5) is 4.39 Å². The predicted molar refractivity (Wildman–Crippen MR) is 84.6 cm³/mol. The number of carbonyl (C=O) groups is 1. The third kappa shape index (κ3) is 2.99. The molecule has 1 heterocycles. The Hall–Kier alpha value is -2.20. The monoisotopic (exact) mass is 314 g/mol. The molecule has 2 aromatic carbocycles. The number of hydrogen-bond acceptors (Lipinski definition) is 3. The first-order valence-corrected chi connectivity index (χ1v) is 7.85. The average molecular weight is 314 g/mol. The van der Waals surface area contributed by atoms with E-state index in [1.54, 1.807) is 6.07 Å². The maximum atomic E-state index is 14.2. The lowest BCUT2D eigenvalue weighted by molar-refractivity contribution is 0.0245. The minimum absolute atomic E-state index is 0.0459. The number of ether oxygens (including phenoxy) is 1. The molecule has 1 aliphatic heterocycles. The summed E-state index contributed by atoms with van der Waals surface area (Å²) in [4.78, 5) is 12.2. The highest BCUT2D eigenvalue weighted by Gasteiger charge is 2.31.